The summed E-state index contributed by atoms with van der Waals surface area (Å²) in [5.74, 6) is 0.759. The van der Waals surface area contributed by atoms with Gasteiger partial charge < -0.3 is 15.4 Å². The number of amides is 1. The van der Waals surface area contributed by atoms with E-state index in [4.69, 9.17) is 4.74 Å². The van der Waals surface area contributed by atoms with E-state index < -0.39 is 0 Å². The Labute approximate surface area is 172 Å². The lowest BCUT2D eigenvalue weighted by Gasteiger charge is -2.10. The molecule has 0 spiro atoms. The minimum atomic E-state index is -0.266. The number of thioether (sulfide) groups is 1. The molecule has 0 aliphatic carbocycles. The van der Waals surface area contributed by atoms with Crippen LogP contribution < -0.4 is 15.4 Å². The fraction of sp³-hybridized carbons (Fsp3) is 0.250. The Morgan fingerprint density at radius 1 is 1.18 bits per heavy atom. The van der Waals surface area contributed by atoms with Crippen molar-refractivity contribution in [3.8, 4) is 5.75 Å². The van der Waals surface area contributed by atoms with Gasteiger partial charge in [0.15, 0.2) is 4.34 Å². The number of methoxy groups -OCH3 is 1. The summed E-state index contributed by atoms with van der Waals surface area (Å²) in [4.78, 5) is 12.4. The van der Waals surface area contributed by atoms with E-state index in [0.29, 0.717) is 11.7 Å². The van der Waals surface area contributed by atoms with E-state index in [2.05, 4.69) is 20.8 Å². The van der Waals surface area contributed by atoms with Gasteiger partial charge in [0.05, 0.1) is 12.4 Å². The molecule has 146 valence electrons. The fourth-order valence-electron chi connectivity index (χ4n) is 2.42. The second-order valence-electron chi connectivity index (χ2n) is 6.14. The molecule has 0 unspecified atom stereocenters. The number of rotatable bonds is 8. The van der Waals surface area contributed by atoms with Crippen LogP contribution in [0.5, 0.6) is 5.75 Å². The number of nitrogens with one attached hydrogen (secondary N) is 2. The predicted octanol–water partition coefficient (Wildman–Crippen LogP) is 4.40. The third kappa shape index (κ3) is 5.46. The second-order valence-corrected chi connectivity index (χ2v) is 8.70. The van der Waals surface area contributed by atoms with E-state index >= 15 is 0 Å². The lowest BCUT2D eigenvalue weighted by molar-refractivity contribution is -0.120. The van der Waals surface area contributed by atoms with Crippen LogP contribution in [-0.2, 0) is 11.3 Å². The first-order chi connectivity index (χ1) is 13.5. The maximum atomic E-state index is 12.4. The van der Waals surface area contributed by atoms with Crippen molar-refractivity contribution in [2.45, 2.75) is 30.0 Å². The van der Waals surface area contributed by atoms with Gasteiger partial charge in [0.2, 0.25) is 11.0 Å². The molecule has 0 aliphatic heterocycles. The molecule has 1 aromatic heterocycles. The van der Waals surface area contributed by atoms with Gasteiger partial charge in [-0.1, -0.05) is 53.4 Å². The summed E-state index contributed by atoms with van der Waals surface area (Å²) in [7, 11) is 1.63. The summed E-state index contributed by atoms with van der Waals surface area (Å²) in [6.45, 7) is 4.38. The van der Waals surface area contributed by atoms with Gasteiger partial charge >= 0.3 is 0 Å². The Morgan fingerprint density at radius 3 is 2.64 bits per heavy atom. The molecule has 0 saturated carbocycles. The second kappa shape index (κ2) is 9.57. The molecule has 1 atom stereocenters. The Bertz CT molecular complexity index is 928. The fourth-order valence-corrected chi connectivity index (χ4v) is 4.35. The number of ether oxygens (including phenoxy) is 1. The highest BCUT2D eigenvalue weighted by atomic mass is 32.2. The Morgan fingerprint density at radius 2 is 1.93 bits per heavy atom. The minimum Gasteiger partial charge on any atom is -0.497 e. The number of hydrogen-bond donors (Lipinski definition) is 2. The molecule has 0 radical (unpaired) electrons. The monoisotopic (exact) mass is 414 g/mol. The zero-order chi connectivity index (χ0) is 19.9. The lowest BCUT2D eigenvalue weighted by atomic mass is 10.2. The van der Waals surface area contributed by atoms with Crippen LogP contribution in [0.25, 0.3) is 0 Å². The van der Waals surface area contributed by atoms with E-state index in [-0.39, 0.29) is 11.2 Å². The number of aromatic nitrogens is 2. The zero-order valence-corrected chi connectivity index (χ0v) is 17.6. The minimum absolute atomic E-state index is 0.0376. The third-order valence-electron chi connectivity index (χ3n) is 4.07. The highest BCUT2D eigenvalue weighted by molar-refractivity contribution is 8.02. The van der Waals surface area contributed by atoms with E-state index in [1.165, 1.54) is 23.1 Å². The quantitative estimate of drug-likeness (QED) is 0.532. The summed E-state index contributed by atoms with van der Waals surface area (Å²) in [6, 6.07) is 15.6. The molecule has 2 aromatic carbocycles. The summed E-state index contributed by atoms with van der Waals surface area (Å²) in [6.07, 6.45) is 0. The molecule has 28 heavy (non-hydrogen) atoms. The van der Waals surface area contributed by atoms with E-state index in [9.17, 15) is 4.79 Å². The van der Waals surface area contributed by atoms with Crippen LogP contribution in [0.2, 0.25) is 0 Å². The summed E-state index contributed by atoms with van der Waals surface area (Å²) >= 11 is 2.84. The number of benzene rings is 2. The first kappa shape index (κ1) is 20.2. The summed E-state index contributed by atoms with van der Waals surface area (Å²) in [5, 5.41) is 15.0. The number of nitrogens with zero attached hydrogens (tertiary/aromatic N) is 2. The van der Waals surface area contributed by atoms with Gasteiger partial charge in [0.1, 0.15) is 5.75 Å². The van der Waals surface area contributed by atoms with Crippen LogP contribution in [0.1, 0.15) is 18.1 Å². The van der Waals surface area contributed by atoms with Crippen LogP contribution in [0.3, 0.4) is 0 Å². The summed E-state index contributed by atoms with van der Waals surface area (Å²) < 4.78 is 5.89. The molecular formula is C20H22N4O2S2. The van der Waals surface area contributed by atoms with E-state index in [1.54, 1.807) is 7.11 Å². The number of aryl methyl sites for hydroxylation is 1. The van der Waals surface area contributed by atoms with Crippen LogP contribution in [-0.4, -0.2) is 28.5 Å². The van der Waals surface area contributed by atoms with Gasteiger partial charge in [-0.3, -0.25) is 4.79 Å². The first-order valence-corrected chi connectivity index (χ1v) is 10.5. The number of carbonyl (C=O) groups is 1. The average molecular weight is 415 g/mol. The molecule has 3 rings (SSSR count). The largest absolute Gasteiger partial charge is 0.497 e. The first-order valence-electron chi connectivity index (χ1n) is 8.78. The highest BCUT2D eigenvalue weighted by Crippen LogP contribution is 2.31. The zero-order valence-electron chi connectivity index (χ0n) is 15.9. The molecule has 0 aliphatic rings. The van der Waals surface area contributed by atoms with Gasteiger partial charge in [-0.2, -0.15) is 0 Å². The summed E-state index contributed by atoms with van der Waals surface area (Å²) in [5.41, 5.74) is 3.16. The molecule has 0 bridgehead atoms. The van der Waals surface area contributed by atoms with Gasteiger partial charge in [0.25, 0.3) is 0 Å². The van der Waals surface area contributed by atoms with Crippen molar-refractivity contribution in [3.63, 3.8) is 0 Å². The molecule has 3 aromatic rings. The van der Waals surface area contributed by atoms with Crippen molar-refractivity contribution in [1.82, 2.24) is 15.5 Å². The van der Waals surface area contributed by atoms with Crippen molar-refractivity contribution >= 4 is 39.8 Å². The molecule has 1 amide bonds. The van der Waals surface area contributed by atoms with Gasteiger partial charge in [-0.05, 0) is 43.2 Å². The molecule has 8 heteroatoms. The van der Waals surface area contributed by atoms with Crippen LogP contribution in [0, 0.1) is 6.92 Å². The van der Waals surface area contributed by atoms with Crippen LogP contribution >= 0.6 is 23.1 Å². The maximum Gasteiger partial charge on any atom is 0.233 e. The standard InChI is InChI=1S/C20H22N4O2S2/c1-13-6-4-5-7-17(13)22-19-23-24-20(28-19)27-14(2)18(25)21-12-15-8-10-16(26-3)11-9-15/h4-11,14H,12H2,1-3H3,(H,21,25)(H,22,23)/t14-/m1/s1. The van der Waals surface area contributed by atoms with E-state index in [0.717, 1.165) is 26.9 Å². The molecule has 2 N–H and O–H groups in total. The van der Waals surface area contributed by atoms with Crippen molar-refractivity contribution < 1.29 is 9.53 Å². The normalized spacial score (nSPS) is 11.7. The van der Waals surface area contributed by atoms with Crippen molar-refractivity contribution in [2.75, 3.05) is 12.4 Å². The van der Waals surface area contributed by atoms with Crippen molar-refractivity contribution in [1.29, 1.82) is 0 Å². The van der Waals surface area contributed by atoms with Crippen LogP contribution in [0.15, 0.2) is 52.9 Å². The molecule has 1 heterocycles. The molecule has 6 nitrogen and oxygen atoms in total. The average Bonchev–Trinajstić information content (AvgIpc) is 3.15. The SMILES string of the molecule is COc1ccc(CNC(=O)[C@@H](C)Sc2nnc(Nc3ccccc3C)s2)cc1. The topological polar surface area (TPSA) is 76.1 Å². The third-order valence-corrected chi connectivity index (χ3v) is 6.09. The maximum absolute atomic E-state index is 12.4. The molecule has 0 saturated heterocycles. The molecular weight excluding hydrogens is 392 g/mol. The Kier molecular flexibility index (Phi) is 6.89. The molecule has 0 fully saturated rings. The number of para-hydroxylation sites is 1. The highest BCUT2D eigenvalue weighted by Gasteiger charge is 2.17. The Balaban J connectivity index is 1.51. The van der Waals surface area contributed by atoms with Gasteiger partial charge in [-0.25, -0.2) is 0 Å². The lowest BCUT2D eigenvalue weighted by Crippen LogP contribution is -2.30. The van der Waals surface area contributed by atoms with Crippen molar-refractivity contribution in [3.05, 3.63) is 59.7 Å². The number of carbonyl (C=O) groups excluding carboxylic acids is 1. The number of hydrogen-bond acceptors (Lipinski definition) is 7. The van der Waals surface area contributed by atoms with Crippen molar-refractivity contribution in [2.24, 2.45) is 0 Å². The van der Waals surface area contributed by atoms with Gasteiger partial charge in [-0.15, -0.1) is 10.2 Å². The smallest absolute Gasteiger partial charge is 0.233 e. The van der Waals surface area contributed by atoms with E-state index in [1.807, 2.05) is 62.4 Å². The number of anilines is 2. The van der Waals surface area contributed by atoms with Gasteiger partial charge in [0, 0.05) is 12.2 Å². The predicted molar refractivity (Wildman–Crippen MR) is 115 cm³/mol. The van der Waals surface area contributed by atoms with Crippen LogP contribution in [0.4, 0.5) is 10.8 Å². The Hall–Kier alpha value is -2.58.